The van der Waals surface area contributed by atoms with Gasteiger partial charge < -0.3 is 14.2 Å². The SMILES string of the molecule is COCCCOCCOc1ccccc1CCc1ccc(C)cc1. The number of methoxy groups -OCH3 is 1. The minimum Gasteiger partial charge on any atom is -0.491 e. The molecule has 2 aromatic carbocycles. The summed E-state index contributed by atoms with van der Waals surface area (Å²) in [5, 5.41) is 0. The molecule has 0 amide bonds. The highest BCUT2D eigenvalue weighted by molar-refractivity contribution is 5.34. The fourth-order valence-electron chi connectivity index (χ4n) is 2.50. The van der Waals surface area contributed by atoms with E-state index in [4.69, 9.17) is 14.2 Å². The maximum absolute atomic E-state index is 5.89. The maximum Gasteiger partial charge on any atom is 0.122 e. The van der Waals surface area contributed by atoms with E-state index < -0.39 is 0 Å². The topological polar surface area (TPSA) is 27.7 Å². The zero-order valence-corrected chi connectivity index (χ0v) is 14.8. The number of hydrogen-bond acceptors (Lipinski definition) is 3. The molecule has 0 saturated heterocycles. The normalized spacial score (nSPS) is 10.8. The van der Waals surface area contributed by atoms with Crippen LogP contribution in [0.25, 0.3) is 0 Å². The predicted octanol–water partition coefficient (Wildman–Crippen LogP) is 4.21. The molecular weight excluding hydrogens is 300 g/mol. The molecular formula is C21H28O3. The summed E-state index contributed by atoms with van der Waals surface area (Å²) in [6.07, 6.45) is 2.92. The van der Waals surface area contributed by atoms with E-state index >= 15 is 0 Å². The zero-order valence-electron chi connectivity index (χ0n) is 14.8. The molecule has 3 heteroatoms. The lowest BCUT2D eigenvalue weighted by atomic mass is 10.0. The first-order valence-corrected chi connectivity index (χ1v) is 8.62. The Morgan fingerprint density at radius 3 is 2.38 bits per heavy atom. The summed E-state index contributed by atoms with van der Waals surface area (Å²) in [6.45, 7) is 4.75. The third-order valence-corrected chi connectivity index (χ3v) is 3.90. The molecule has 0 radical (unpaired) electrons. The van der Waals surface area contributed by atoms with Crippen LogP contribution in [0.2, 0.25) is 0 Å². The van der Waals surface area contributed by atoms with Crippen molar-refractivity contribution in [2.45, 2.75) is 26.2 Å². The Morgan fingerprint density at radius 1 is 0.792 bits per heavy atom. The molecule has 0 aliphatic carbocycles. The van der Waals surface area contributed by atoms with Gasteiger partial charge in [0.2, 0.25) is 0 Å². The largest absolute Gasteiger partial charge is 0.491 e. The molecule has 0 heterocycles. The molecule has 0 aromatic heterocycles. The van der Waals surface area contributed by atoms with Crippen molar-refractivity contribution in [3.05, 3.63) is 65.2 Å². The van der Waals surface area contributed by atoms with Crippen molar-refractivity contribution in [3.8, 4) is 5.75 Å². The molecule has 2 rings (SSSR count). The van der Waals surface area contributed by atoms with Crippen LogP contribution in [0, 0.1) is 6.92 Å². The molecule has 0 unspecified atom stereocenters. The average Bonchev–Trinajstić information content (AvgIpc) is 2.61. The van der Waals surface area contributed by atoms with Crippen molar-refractivity contribution in [2.75, 3.05) is 33.5 Å². The molecule has 0 N–H and O–H groups in total. The van der Waals surface area contributed by atoms with Crippen LogP contribution in [-0.4, -0.2) is 33.5 Å². The zero-order chi connectivity index (χ0) is 17.0. The summed E-state index contributed by atoms with van der Waals surface area (Å²) in [4.78, 5) is 0. The highest BCUT2D eigenvalue weighted by Gasteiger charge is 2.04. The van der Waals surface area contributed by atoms with Gasteiger partial charge >= 0.3 is 0 Å². The molecule has 3 nitrogen and oxygen atoms in total. The average molecular weight is 328 g/mol. The van der Waals surface area contributed by atoms with Crippen molar-refractivity contribution in [1.29, 1.82) is 0 Å². The second-order valence-corrected chi connectivity index (χ2v) is 5.90. The van der Waals surface area contributed by atoms with E-state index in [1.807, 2.05) is 12.1 Å². The van der Waals surface area contributed by atoms with Crippen molar-refractivity contribution in [3.63, 3.8) is 0 Å². The van der Waals surface area contributed by atoms with Gasteiger partial charge in [-0.25, -0.2) is 0 Å². The highest BCUT2D eigenvalue weighted by Crippen LogP contribution is 2.20. The van der Waals surface area contributed by atoms with E-state index in [0.29, 0.717) is 19.8 Å². The summed E-state index contributed by atoms with van der Waals surface area (Å²) in [7, 11) is 1.71. The van der Waals surface area contributed by atoms with Crippen LogP contribution >= 0.6 is 0 Å². The number of para-hydroxylation sites is 1. The summed E-state index contributed by atoms with van der Waals surface area (Å²) >= 11 is 0. The molecule has 2 aromatic rings. The van der Waals surface area contributed by atoms with Gasteiger partial charge in [0.05, 0.1) is 6.61 Å². The van der Waals surface area contributed by atoms with Gasteiger partial charge in [0.25, 0.3) is 0 Å². The van der Waals surface area contributed by atoms with Crippen molar-refractivity contribution in [2.24, 2.45) is 0 Å². The Morgan fingerprint density at radius 2 is 1.58 bits per heavy atom. The summed E-state index contributed by atoms with van der Waals surface area (Å²) in [6, 6.07) is 17.0. The summed E-state index contributed by atoms with van der Waals surface area (Å²) in [5.74, 6) is 0.963. The molecule has 130 valence electrons. The number of ether oxygens (including phenoxy) is 3. The molecule has 0 bridgehead atoms. The second-order valence-electron chi connectivity index (χ2n) is 5.90. The van der Waals surface area contributed by atoms with E-state index in [1.54, 1.807) is 7.11 Å². The van der Waals surface area contributed by atoms with Crippen molar-refractivity contribution in [1.82, 2.24) is 0 Å². The number of rotatable bonds is 11. The lowest BCUT2D eigenvalue weighted by molar-refractivity contribution is 0.0804. The van der Waals surface area contributed by atoms with E-state index in [-0.39, 0.29) is 0 Å². The maximum atomic E-state index is 5.89. The molecule has 0 spiro atoms. The smallest absolute Gasteiger partial charge is 0.122 e. The Balaban J connectivity index is 1.76. The molecule has 0 fully saturated rings. The molecule has 0 saturated carbocycles. The molecule has 0 aliphatic rings. The number of aryl methyl sites for hydroxylation is 3. The van der Waals surface area contributed by atoms with Crippen LogP contribution in [-0.2, 0) is 22.3 Å². The minimum absolute atomic E-state index is 0.578. The minimum atomic E-state index is 0.578. The number of benzene rings is 2. The summed E-state index contributed by atoms with van der Waals surface area (Å²) < 4.78 is 16.4. The van der Waals surface area contributed by atoms with E-state index in [1.165, 1.54) is 16.7 Å². The lowest BCUT2D eigenvalue weighted by Crippen LogP contribution is -2.09. The fraction of sp³-hybridized carbons (Fsp3) is 0.429. The molecule has 0 aliphatic heterocycles. The van der Waals surface area contributed by atoms with Gasteiger partial charge in [-0.05, 0) is 43.4 Å². The van der Waals surface area contributed by atoms with Gasteiger partial charge in [-0.1, -0.05) is 48.0 Å². The third-order valence-electron chi connectivity index (χ3n) is 3.90. The Labute approximate surface area is 145 Å². The summed E-state index contributed by atoms with van der Waals surface area (Å²) in [5.41, 5.74) is 3.90. The Kier molecular flexibility index (Phi) is 8.36. The first kappa shape index (κ1) is 18.5. The van der Waals surface area contributed by atoms with Gasteiger partial charge in [0.1, 0.15) is 12.4 Å². The van der Waals surface area contributed by atoms with Crippen LogP contribution in [0.3, 0.4) is 0 Å². The van der Waals surface area contributed by atoms with Gasteiger partial charge in [0.15, 0.2) is 0 Å². The van der Waals surface area contributed by atoms with Crippen LogP contribution in [0.1, 0.15) is 23.1 Å². The van der Waals surface area contributed by atoms with Crippen molar-refractivity contribution >= 4 is 0 Å². The standard InChI is InChI=1S/C21H28O3/c1-18-8-10-19(11-9-18)12-13-20-6-3-4-7-21(20)24-17-16-23-15-5-14-22-2/h3-4,6-11H,5,12-17H2,1-2H3. The monoisotopic (exact) mass is 328 g/mol. The van der Waals surface area contributed by atoms with Gasteiger partial charge in [-0.15, -0.1) is 0 Å². The number of hydrogen-bond donors (Lipinski definition) is 0. The predicted molar refractivity (Wildman–Crippen MR) is 97.8 cm³/mol. The first-order chi connectivity index (χ1) is 11.8. The quantitative estimate of drug-likeness (QED) is 0.578. The fourth-order valence-corrected chi connectivity index (χ4v) is 2.50. The first-order valence-electron chi connectivity index (χ1n) is 8.62. The van der Waals surface area contributed by atoms with Gasteiger partial charge in [-0.2, -0.15) is 0 Å². The third kappa shape index (κ3) is 6.73. The van der Waals surface area contributed by atoms with Crippen LogP contribution in [0.4, 0.5) is 0 Å². The molecule has 0 atom stereocenters. The Hall–Kier alpha value is -1.84. The second kappa shape index (κ2) is 10.8. The van der Waals surface area contributed by atoms with E-state index in [0.717, 1.165) is 31.6 Å². The van der Waals surface area contributed by atoms with Crippen LogP contribution < -0.4 is 4.74 Å². The van der Waals surface area contributed by atoms with Crippen LogP contribution in [0.15, 0.2) is 48.5 Å². The van der Waals surface area contributed by atoms with E-state index in [2.05, 4.69) is 43.3 Å². The van der Waals surface area contributed by atoms with Gasteiger partial charge in [0, 0.05) is 20.3 Å². The van der Waals surface area contributed by atoms with Crippen LogP contribution in [0.5, 0.6) is 5.75 Å². The van der Waals surface area contributed by atoms with Crippen molar-refractivity contribution < 1.29 is 14.2 Å². The highest BCUT2D eigenvalue weighted by atomic mass is 16.5. The Bertz CT molecular complexity index is 578. The van der Waals surface area contributed by atoms with Gasteiger partial charge in [-0.3, -0.25) is 0 Å². The lowest BCUT2D eigenvalue weighted by Gasteiger charge is -2.12. The van der Waals surface area contributed by atoms with E-state index in [9.17, 15) is 0 Å². The molecule has 24 heavy (non-hydrogen) atoms.